The van der Waals surface area contributed by atoms with Crippen LogP contribution in [0.1, 0.15) is 5.69 Å². The fourth-order valence-corrected chi connectivity index (χ4v) is 0.733. The summed E-state index contributed by atoms with van der Waals surface area (Å²) in [6, 6.07) is 1.70. The molecule has 0 fully saturated rings. The van der Waals surface area contributed by atoms with Gasteiger partial charge >= 0.3 is 0 Å². The first kappa shape index (κ1) is 8.50. The molecule has 0 aliphatic rings. The van der Waals surface area contributed by atoms with Crippen LogP contribution in [0, 0.1) is 12.3 Å². The third-order valence-corrected chi connectivity index (χ3v) is 1.27. The van der Waals surface area contributed by atoms with Gasteiger partial charge in [0.25, 0.3) is 0 Å². The number of rotatable bonds is 3. The van der Waals surface area contributed by atoms with Gasteiger partial charge in [0.15, 0.2) is 0 Å². The van der Waals surface area contributed by atoms with Crippen LogP contribution in [0.4, 0.5) is 5.82 Å². The van der Waals surface area contributed by atoms with Gasteiger partial charge in [0.1, 0.15) is 17.8 Å². The van der Waals surface area contributed by atoms with Crippen LogP contribution in [-0.4, -0.2) is 23.1 Å². The lowest BCUT2D eigenvalue weighted by Crippen LogP contribution is -2.13. The molecule has 0 unspecified atom stereocenters. The first-order valence-electron chi connectivity index (χ1n) is 3.59. The van der Waals surface area contributed by atoms with Gasteiger partial charge in [0.2, 0.25) is 0 Å². The lowest BCUT2D eigenvalue weighted by Gasteiger charge is -2.01. The Hall–Kier alpha value is -1.60. The Kier molecular flexibility index (Phi) is 3.05. The predicted molar refractivity (Wildman–Crippen MR) is 47.5 cm³/mol. The zero-order valence-electron chi connectivity index (χ0n) is 6.62. The van der Waals surface area contributed by atoms with E-state index in [4.69, 9.17) is 12.2 Å². The van der Waals surface area contributed by atoms with Crippen molar-refractivity contribution in [2.24, 2.45) is 5.73 Å². The van der Waals surface area contributed by atoms with Crippen LogP contribution in [0.15, 0.2) is 12.4 Å². The Morgan fingerprint density at radius 2 is 2.42 bits per heavy atom. The van der Waals surface area contributed by atoms with Gasteiger partial charge in [0, 0.05) is 19.2 Å². The molecule has 0 radical (unpaired) electrons. The Morgan fingerprint density at radius 3 is 3.08 bits per heavy atom. The molecule has 0 saturated heterocycles. The number of terminal acetylenes is 1. The molecule has 0 amide bonds. The van der Waals surface area contributed by atoms with E-state index in [0.29, 0.717) is 24.6 Å². The maximum absolute atomic E-state index is 5.30. The highest BCUT2D eigenvalue weighted by atomic mass is 15.0. The summed E-state index contributed by atoms with van der Waals surface area (Å²) in [7, 11) is 0. The monoisotopic (exact) mass is 162 g/mol. The molecule has 0 atom stereocenters. The largest absolute Gasteiger partial charge is 0.369 e. The van der Waals surface area contributed by atoms with E-state index >= 15 is 0 Å². The van der Waals surface area contributed by atoms with Gasteiger partial charge in [0.05, 0.1) is 0 Å². The van der Waals surface area contributed by atoms with Gasteiger partial charge in [-0.2, -0.15) is 0 Å². The van der Waals surface area contributed by atoms with E-state index in [2.05, 4.69) is 21.2 Å². The molecule has 1 rings (SSSR count). The molecular formula is C8H10N4. The van der Waals surface area contributed by atoms with Crippen molar-refractivity contribution in [1.82, 2.24) is 9.97 Å². The summed E-state index contributed by atoms with van der Waals surface area (Å²) in [6.45, 7) is 1.25. The van der Waals surface area contributed by atoms with Crippen LogP contribution in [0.3, 0.4) is 0 Å². The molecular weight excluding hydrogens is 152 g/mol. The molecule has 3 N–H and O–H groups in total. The first-order valence-corrected chi connectivity index (χ1v) is 3.59. The predicted octanol–water partition coefficient (Wildman–Crippen LogP) is -0.172. The summed E-state index contributed by atoms with van der Waals surface area (Å²) in [5.74, 6) is 3.13. The Morgan fingerprint density at radius 1 is 1.58 bits per heavy atom. The van der Waals surface area contributed by atoms with Crippen LogP contribution in [0.2, 0.25) is 0 Å². The molecule has 1 heterocycles. The average Bonchev–Trinajstić information content (AvgIpc) is 2.15. The van der Waals surface area contributed by atoms with E-state index in [-0.39, 0.29) is 0 Å². The van der Waals surface area contributed by atoms with Crippen LogP contribution >= 0.6 is 0 Å². The van der Waals surface area contributed by atoms with E-state index in [1.54, 1.807) is 6.07 Å². The number of nitrogens with two attached hydrogens (primary N) is 1. The molecule has 4 heteroatoms. The smallest absolute Gasteiger partial charge is 0.130 e. The Labute approximate surface area is 71.2 Å². The Balaban J connectivity index is 2.68. The van der Waals surface area contributed by atoms with E-state index in [9.17, 15) is 0 Å². The zero-order chi connectivity index (χ0) is 8.81. The number of anilines is 1. The van der Waals surface area contributed by atoms with Crippen molar-refractivity contribution in [2.45, 2.75) is 0 Å². The van der Waals surface area contributed by atoms with Crippen molar-refractivity contribution >= 4 is 5.82 Å². The topological polar surface area (TPSA) is 63.8 Å². The van der Waals surface area contributed by atoms with Gasteiger partial charge in [-0.25, -0.2) is 9.97 Å². The minimum Gasteiger partial charge on any atom is -0.369 e. The minimum absolute atomic E-state index is 0.565. The highest BCUT2D eigenvalue weighted by Crippen LogP contribution is 2.01. The van der Waals surface area contributed by atoms with Crippen molar-refractivity contribution in [3.63, 3.8) is 0 Å². The van der Waals surface area contributed by atoms with Crippen molar-refractivity contribution in [3.8, 4) is 12.3 Å². The standard InChI is InChI=1S/C8H10N4/c1-2-7-5-8(10-4-3-9)12-6-11-7/h1,5-6H,3-4,9H2,(H,10,11,12). The second kappa shape index (κ2) is 4.31. The highest BCUT2D eigenvalue weighted by Gasteiger charge is 1.93. The van der Waals surface area contributed by atoms with Gasteiger partial charge in [-0.15, -0.1) is 6.42 Å². The normalized spacial score (nSPS) is 9.00. The minimum atomic E-state index is 0.565. The summed E-state index contributed by atoms with van der Waals surface area (Å²) in [4.78, 5) is 7.80. The lowest BCUT2D eigenvalue weighted by molar-refractivity contribution is 1.00. The zero-order valence-corrected chi connectivity index (χ0v) is 6.62. The molecule has 0 saturated carbocycles. The van der Waals surface area contributed by atoms with Crippen molar-refractivity contribution in [1.29, 1.82) is 0 Å². The average molecular weight is 162 g/mol. The van der Waals surface area contributed by atoms with Gasteiger partial charge < -0.3 is 11.1 Å². The van der Waals surface area contributed by atoms with Crippen LogP contribution < -0.4 is 11.1 Å². The van der Waals surface area contributed by atoms with Crippen molar-refractivity contribution < 1.29 is 0 Å². The van der Waals surface area contributed by atoms with Gasteiger partial charge in [-0.05, 0) is 0 Å². The SMILES string of the molecule is C#Cc1cc(NCCN)ncn1. The van der Waals surface area contributed by atoms with Crippen LogP contribution in [-0.2, 0) is 0 Å². The summed E-state index contributed by atoms with van der Waals surface area (Å²) < 4.78 is 0. The molecule has 1 aromatic heterocycles. The quantitative estimate of drug-likeness (QED) is 0.606. The second-order valence-electron chi connectivity index (χ2n) is 2.15. The van der Waals surface area contributed by atoms with E-state index < -0.39 is 0 Å². The summed E-state index contributed by atoms with van der Waals surface area (Å²) in [6.07, 6.45) is 6.58. The number of nitrogens with zero attached hydrogens (tertiary/aromatic N) is 2. The van der Waals surface area contributed by atoms with E-state index in [0.717, 1.165) is 0 Å². The fourth-order valence-electron chi connectivity index (χ4n) is 0.733. The fraction of sp³-hybridized carbons (Fsp3) is 0.250. The molecule has 62 valence electrons. The summed E-state index contributed by atoms with van der Waals surface area (Å²) in [5, 5.41) is 3.00. The first-order chi connectivity index (χ1) is 5.86. The van der Waals surface area contributed by atoms with Crippen LogP contribution in [0.25, 0.3) is 0 Å². The third kappa shape index (κ3) is 2.22. The number of aromatic nitrogens is 2. The summed E-state index contributed by atoms with van der Waals surface area (Å²) in [5.41, 5.74) is 5.87. The second-order valence-corrected chi connectivity index (χ2v) is 2.15. The van der Waals surface area contributed by atoms with Gasteiger partial charge in [-0.1, -0.05) is 5.92 Å². The molecule has 0 spiro atoms. The maximum Gasteiger partial charge on any atom is 0.130 e. The van der Waals surface area contributed by atoms with Crippen molar-refractivity contribution in [3.05, 3.63) is 18.1 Å². The van der Waals surface area contributed by atoms with Gasteiger partial charge in [-0.3, -0.25) is 0 Å². The maximum atomic E-state index is 5.30. The third-order valence-electron chi connectivity index (χ3n) is 1.27. The molecule has 0 bridgehead atoms. The van der Waals surface area contributed by atoms with E-state index in [1.165, 1.54) is 6.33 Å². The molecule has 1 aromatic rings. The lowest BCUT2D eigenvalue weighted by atomic mass is 10.4. The molecule has 4 nitrogen and oxygen atoms in total. The molecule has 12 heavy (non-hydrogen) atoms. The number of hydrogen-bond donors (Lipinski definition) is 2. The Bertz CT molecular complexity index is 289. The molecule has 0 aliphatic heterocycles. The highest BCUT2D eigenvalue weighted by molar-refractivity contribution is 5.39. The molecule has 0 aromatic carbocycles. The number of hydrogen-bond acceptors (Lipinski definition) is 4. The van der Waals surface area contributed by atoms with Crippen molar-refractivity contribution in [2.75, 3.05) is 18.4 Å². The number of nitrogens with one attached hydrogen (secondary N) is 1. The van der Waals surface area contributed by atoms with E-state index in [1.807, 2.05) is 0 Å². The van der Waals surface area contributed by atoms with Crippen LogP contribution in [0.5, 0.6) is 0 Å². The molecule has 0 aliphatic carbocycles. The summed E-state index contributed by atoms with van der Waals surface area (Å²) >= 11 is 0.